The van der Waals surface area contributed by atoms with E-state index in [1.807, 2.05) is 4.72 Å². The molecule has 0 aromatic rings. The van der Waals surface area contributed by atoms with Crippen LogP contribution < -0.4 is 4.72 Å². The normalized spacial score (nSPS) is 13.4. The third-order valence-corrected chi connectivity index (χ3v) is 6.44. The van der Waals surface area contributed by atoms with E-state index in [0.29, 0.717) is 6.42 Å². The molecule has 8 heteroatoms. The Morgan fingerprint density at radius 2 is 1.64 bits per heavy atom. The molecule has 0 atom stereocenters. The van der Waals surface area contributed by atoms with Crippen LogP contribution in [0.2, 0.25) is 0 Å². The Labute approximate surface area is 84.8 Å². The minimum atomic E-state index is -4.28. The van der Waals surface area contributed by atoms with Gasteiger partial charge < -0.3 is 0 Å². The first kappa shape index (κ1) is 13.8. The summed E-state index contributed by atoms with van der Waals surface area (Å²) < 4.78 is 48.0. The van der Waals surface area contributed by atoms with Gasteiger partial charge in [0.25, 0.3) is 0 Å². The van der Waals surface area contributed by atoms with E-state index in [9.17, 15) is 16.8 Å². The maximum atomic E-state index is 11.4. The molecule has 0 aliphatic rings. The minimum absolute atomic E-state index is 0.0571. The Kier molecular flexibility index (Phi) is 4.99. The molecule has 0 bridgehead atoms. The lowest BCUT2D eigenvalue weighted by atomic mass is 10.5. The van der Waals surface area contributed by atoms with Crippen LogP contribution in [0.25, 0.3) is 0 Å². The van der Waals surface area contributed by atoms with Crippen LogP contribution in [0.15, 0.2) is 0 Å². The average molecular weight is 244 g/mol. The highest BCUT2D eigenvalue weighted by molar-refractivity contribution is 8.65. The first-order valence-corrected chi connectivity index (χ1v) is 7.69. The molecule has 0 fully saturated rings. The molecule has 0 aromatic carbocycles. The molecule has 0 aliphatic carbocycles. The van der Waals surface area contributed by atoms with Crippen molar-refractivity contribution in [3.05, 3.63) is 0 Å². The molecule has 1 N–H and O–H groups in total. The van der Waals surface area contributed by atoms with E-state index >= 15 is 0 Å². The monoisotopic (exact) mass is 244 g/mol. The quantitative estimate of drug-likeness (QED) is 0.639. The van der Waals surface area contributed by atoms with Crippen LogP contribution in [0, 0.1) is 0 Å². The van der Waals surface area contributed by atoms with E-state index in [1.54, 1.807) is 6.92 Å². The van der Waals surface area contributed by atoms with Crippen molar-refractivity contribution < 1.29 is 16.8 Å². The molecule has 0 heterocycles. The molecule has 0 saturated heterocycles. The van der Waals surface area contributed by atoms with E-state index in [2.05, 4.69) is 0 Å². The molecule has 0 amide bonds. The van der Waals surface area contributed by atoms with E-state index in [-0.39, 0.29) is 13.1 Å². The lowest BCUT2D eigenvalue weighted by Crippen LogP contribution is -2.40. The van der Waals surface area contributed by atoms with Gasteiger partial charge in [0.15, 0.2) is 0 Å². The number of nitrogens with one attached hydrogen (secondary N) is 1. The fourth-order valence-electron chi connectivity index (χ4n) is 0.845. The topological polar surface area (TPSA) is 83.6 Å². The van der Waals surface area contributed by atoms with E-state index in [1.165, 1.54) is 14.0 Å². The van der Waals surface area contributed by atoms with Crippen molar-refractivity contribution in [1.82, 2.24) is 9.03 Å². The second kappa shape index (κ2) is 5.06. The van der Waals surface area contributed by atoms with Gasteiger partial charge in [-0.05, 0) is 6.42 Å². The highest BCUT2D eigenvalue weighted by atomic mass is 33.2. The molecule has 0 aliphatic heterocycles. The van der Waals surface area contributed by atoms with Gasteiger partial charge in [0.05, 0.1) is 0 Å². The number of nitrogens with zero attached hydrogens (tertiary/aromatic N) is 1. The van der Waals surface area contributed by atoms with Crippen LogP contribution in [-0.2, 0) is 18.1 Å². The number of hydrogen-bond acceptors (Lipinski definition) is 4. The molecule has 0 unspecified atom stereocenters. The summed E-state index contributed by atoms with van der Waals surface area (Å²) in [6, 6.07) is 0. The van der Waals surface area contributed by atoms with Crippen LogP contribution >= 0.6 is 0 Å². The molecule has 14 heavy (non-hydrogen) atoms. The molecule has 0 aromatic heterocycles. The van der Waals surface area contributed by atoms with Crippen LogP contribution in [-0.4, -0.2) is 41.3 Å². The standard InChI is InChI=1S/C6H16N2O4S2/c1-4-6-8(3)14(11,12)13(9,10)7-5-2/h7H,4-6H2,1-3H3. The zero-order valence-corrected chi connectivity index (χ0v) is 10.2. The summed E-state index contributed by atoms with van der Waals surface area (Å²) in [5.41, 5.74) is 0. The van der Waals surface area contributed by atoms with Crippen molar-refractivity contribution in [3.63, 3.8) is 0 Å². The van der Waals surface area contributed by atoms with Gasteiger partial charge in [-0.15, -0.1) is 0 Å². The smallest absolute Gasteiger partial charge is 0.201 e. The first-order chi connectivity index (χ1) is 6.29. The summed E-state index contributed by atoms with van der Waals surface area (Å²) in [6.45, 7) is 3.53. The van der Waals surface area contributed by atoms with Crippen LogP contribution in [0.4, 0.5) is 0 Å². The SMILES string of the molecule is CCCN(C)S(=O)(=O)S(=O)(=O)NCC. The van der Waals surface area contributed by atoms with E-state index in [0.717, 1.165) is 4.31 Å². The lowest BCUT2D eigenvalue weighted by molar-refractivity contribution is 0.475. The minimum Gasteiger partial charge on any atom is -0.201 e. The van der Waals surface area contributed by atoms with Gasteiger partial charge >= 0.3 is 18.1 Å². The highest BCUT2D eigenvalue weighted by Gasteiger charge is 2.32. The molecule has 0 rings (SSSR count). The summed E-state index contributed by atoms with van der Waals surface area (Å²) in [4.78, 5) is 0. The summed E-state index contributed by atoms with van der Waals surface area (Å²) in [5, 5.41) is 0. The second-order valence-electron chi connectivity index (χ2n) is 2.73. The third-order valence-electron chi connectivity index (χ3n) is 1.52. The maximum absolute atomic E-state index is 11.4. The Bertz CT molecular complexity index is 359. The van der Waals surface area contributed by atoms with Crippen molar-refractivity contribution in [3.8, 4) is 0 Å². The predicted octanol–water partition coefficient (Wildman–Crippen LogP) is -0.488. The molecular formula is C6H16N2O4S2. The van der Waals surface area contributed by atoms with Crippen molar-refractivity contribution in [2.75, 3.05) is 20.1 Å². The van der Waals surface area contributed by atoms with Crippen molar-refractivity contribution in [2.45, 2.75) is 20.3 Å². The summed E-state index contributed by atoms with van der Waals surface area (Å²) in [7, 11) is -7.31. The van der Waals surface area contributed by atoms with Gasteiger partial charge in [-0.2, -0.15) is 21.1 Å². The van der Waals surface area contributed by atoms with Crippen LogP contribution in [0.1, 0.15) is 20.3 Å². The molecule has 0 spiro atoms. The van der Waals surface area contributed by atoms with Crippen molar-refractivity contribution >= 4 is 18.1 Å². The van der Waals surface area contributed by atoms with Gasteiger partial charge in [0, 0.05) is 20.1 Å². The Hall–Kier alpha value is -0.180. The fourth-order valence-corrected chi connectivity index (χ4v) is 4.12. The molecule has 0 radical (unpaired) electrons. The molecule has 86 valence electrons. The molecule has 0 saturated carbocycles. The van der Waals surface area contributed by atoms with E-state index < -0.39 is 18.1 Å². The Morgan fingerprint density at radius 3 is 2.00 bits per heavy atom. The second-order valence-corrected chi connectivity index (χ2v) is 7.99. The maximum Gasteiger partial charge on any atom is 0.333 e. The lowest BCUT2D eigenvalue weighted by Gasteiger charge is -2.15. The fraction of sp³-hybridized carbons (Fsp3) is 1.00. The zero-order chi connectivity index (χ0) is 11.4. The summed E-state index contributed by atoms with van der Waals surface area (Å²) in [5.74, 6) is 0. The van der Waals surface area contributed by atoms with Gasteiger partial charge in [-0.1, -0.05) is 13.8 Å². The van der Waals surface area contributed by atoms with E-state index in [4.69, 9.17) is 0 Å². The van der Waals surface area contributed by atoms with Gasteiger partial charge in [0.2, 0.25) is 0 Å². The molecular weight excluding hydrogens is 228 g/mol. The van der Waals surface area contributed by atoms with Crippen LogP contribution in [0.5, 0.6) is 0 Å². The first-order valence-electron chi connectivity index (χ1n) is 4.25. The summed E-state index contributed by atoms with van der Waals surface area (Å²) in [6.07, 6.45) is 0.567. The summed E-state index contributed by atoms with van der Waals surface area (Å²) >= 11 is 0. The zero-order valence-electron chi connectivity index (χ0n) is 8.52. The molecule has 6 nitrogen and oxygen atoms in total. The Balaban J connectivity index is 4.97. The number of hydrogen-bond donors (Lipinski definition) is 1. The average Bonchev–Trinajstić information content (AvgIpc) is 2.04. The van der Waals surface area contributed by atoms with Gasteiger partial charge in [-0.25, -0.2) is 4.72 Å². The Morgan fingerprint density at radius 1 is 1.14 bits per heavy atom. The largest absolute Gasteiger partial charge is 0.333 e. The van der Waals surface area contributed by atoms with Crippen molar-refractivity contribution in [2.24, 2.45) is 0 Å². The van der Waals surface area contributed by atoms with Crippen molar-refractivity contribution in [1.29, 1.82) is 0 Å². The van der Waals surface area contributed by atoms with Gasteiger partial charge in [-0.3, -0.25) is 0 Å². The number of rotatable bonds is 6. The predicted molar refractivity (Wildman–Crippen MR) is 54.4 cm³/mol. The highest BCUT2D eigenvalue weighted by Crippen LogP contribution is 2.06. The third kappa shape index (κ3) is 2.91. The van der Waals surface area contributed by atoms with Gasteiger partial charge in [0.1, 0.15) is 0 Å². The van der Waals surface area contributed by atoms with Crippen LogP contribution in [0.3, 0.4) is 0 Å².